The Hall–Kier alpha value is -0.360. The Morgan fingerprint density at radius 2 is 1.67 bits per heavy atom. The second-order valence-corrected chi connectivity index (χ2v) is 7.31. The summed E-state index contributed by atoms with van der Waals surface area (Å²) < 4.78 is 28.6. The van der Waals surface area contributed by atoms with Crippen LogP contribution in [0.5, 0.6) is 0 Å². The average Bonchev–Trinajstić information content (AvgIpc) is 3.33. The predicted octanol–water partition coefficient (Wildman–Crippen LogP) is -2.46. The molecule has 6 fully saturated rings. The lowest BCUT2D eigenvalue weighted by Gasteiger charge is -2.43. The van der Waals surface area contributed by atoms with E-state index in [1.807, 2.05) is 0 Å². The van der Waals surface area contributed by atoms with Crippen LogP contribution in [-0.2, 0) is 23.7 Å². The molecular formula is C15H22O9. The van der Waals surface area contributed by atoms with Gasteiger partial charge in [0.2, 0.25) is 0 Å². The van der Waals surface area contributed by atoms with Crippen LogP contribution in [0, 0.1) is 17.8 Å². The number of ether oxygens (including phenoxy) is 5. The van der Waals surface area contributed by atoms with Crippen molar-refractivity contribution in [1.29, 1.82) is 0 Å². The summed E-state index contributed by atoms with van der Waals surface area (Å²) in [5.41, 5.74) is 0. The highest BCUT2D eigenvalue weighted by molar-refractivity contribution is 5.11. The lowest BCUT2D eigenvalue weighted by Crippen LogP contribution is -2.60. The zero-order valence-corrected chi connectivity index (χ0v) is 12.9. The van der Waals surface area contributed by atoms with Crippen molar-refractivity contribution in [2.75, 3.05) is 13.2 Å². The molecule has 0 aromatic carbocycles. The van der Waals surface area contributed by atoms with E-state index in [0.717, 1.165) is 6.42 Å². The number of fused-ring (bicyclic) bond motifs is 3. The lowest BCUT2D eigenvalue weighted by atomic mass is 9.84. The molecule has 4 N–H and O–H groups in total. The van der Waals surface area contributed by atoms with Crippen molar-refractivity contribution in [3.05, 3.63) is 0 Å². The van der Waals surface area contributed by atoms with Gasteiger partial charge in [0.15, 0.2) is 18.9 Å². The largest absolute Gasteiger partial charge is 0.394 e. The summed E-state index contributed by atoms with van der Waals surface area (Å²) in [6.45, 7) is 0.0657. The molecule has 12 atom stereocenters. The van der Waals surface area contributed by atoms with Gasteiger partial charge in [-0.2, -0.15) is 0 Å². The van der Waals surface area contributed by atoms with Crippen molar-refractivity contribution in [2.45, 2.75) is 61.9 Å². The topological polar surface area (TPSA) is 130 Å². The van der Waals surface area contributed by atoms with E-state index in [1.54, 1.807) is 0 Å². The third-order valence-corrected chi connectivity index (χ3v) is 6.05. The second-order valence-electron chi connectivity index (χ2n) is 7.31. The summed E-state index contributed by atoms with van der Waals surface area (Å²) in [6.07, 6.45) is -6.34. The molecular weight excluding hydrogens is 324 g/mol. The highest BCUT2D eigenvalue weighted by Crippen LogP contribution is 2.58. The van der Waals surface area contributed by atoms with E-state index >= 15 is 0 Å². The third kappa shape index (κ3) is 2.21. The van der Waals surface area contributed by atoms with Crippen LogP contribution in [-0.4, -0.2) is 89.1 Å². The van der Waals surface area contributed by atoms with E-state index in [4.69, 9.17) is 23.7 Å². The maximum atomic E-state index is 10.1. The first-order valence-corrected chi connectivity index (χ1v) is 8.47. The fourth-order valence-corrected chi connectivity index (χ4v) is 4.76. The van der Waals surface area contributed by atoms with Gasteiger partial charge >= 0.3 is 0 Å². The molecule has 24 heavy (non-hydrogen) atoms. The average molecular weight is 346 g/mol. The first kappa shape index (κ1) is 15.9. The summed E-state index contributed by atoms with van der Waals surface area (Å²) in [5.74, 6) is 0.554. The molecule has 0 unspecified atom stereocenters. The van der Waals surface area contributed by atoms with E-state index < -0.39 is 43.6 Å². The zero-order valence-electron chi connectivity index (χ0n) is 12.9. The monoisotopic (exact) mass is 346 g/mol. The second kappa shape index (κ2) is 5.57. The van der Waals surface area contributed by atoms with Crippen LogP contribution in [0.15, 0.2) is 0 Å². The summed E-state index contributed by atoms with van der Waals surface area (Å²) in [6, 6.07) is 0. The van der Waals surface area contributed by atoms with Crippen LogP contribution >= 0.6 is 0 Å². The van der Waals surface area contributed by atoms with Gasteiger partial charge in [0.1, 0.15) is 24.4 Å². The molecule has 6 aliphatic rings. The first-order valence-electron chi connectivity index (χ1n) is 8.47. The van der Waals surface area contributed by atoms with Crippen LogP contribution in [0.25, 0.3) is 0 Å². The molecule has 0 aromatic heterocycles. The van der Waals surface area contributed by atoms with Gasteiger partial charge in [0.05, 0.1) is 25.4 Å². The van der Waals surface area contributed by atoms with Crippen molar-refractivity contribution in [3.63, 3.8) is 0 Å². The van der Waals surface area contributed by atoms with E-state index in [-0.39, 0.29) is 36.3 Å². The van der Waals surface area contributed by atoms with Gasteiger partial charge in [-0.3, -0.25) is 0 Å². The van der Waals surface area contributed by atoms with Crippen molar-refractivity contribution >= 4 is 0 Å². The number of aliphatic hydroxyl groups is 4. The van der Waals surface area contributed by atoms with E-state index in [9.17, 15) is 20.4 Å². The molecule has 0 aromatic rings. The molecule has 9 nitrogen and oxygen atoms in total. The maximum absolute atomic E-state index is 10.1. The van der Waals surface area contributed by atoms with Crippen molar-refractivity contribution < 1.29 is 44.1 Å². The quantitative estimate of drug-likeness (QED) is 0.411. The van der Waals surface area contributed by atoms with E-state index in [1.165, 1.54) is 0 Å². The highest BCUT2D eigenvalue weighted by atomic mass is 16.8. The van der Waals surface area contributed by atoms with Gasteiger partial charge < -0.3 is 44.1 Å². The van der Waals surface area contributed by atoms with Gasteiger partial charge in [-0.05, 0) is 0 Å². The molecule has 4 bridgehead atoms. The number of epoxide rings is 1. The Labute approximate surface area is 138 Å². The predicted molar refractivity (Wildman–Crippen MR) is 73.2 cm³/mol. The molecule has 1 aliphatic carbocycles. The van der Waals surface area contributed by atoms with Gasteiger partial charge in [-0.25, -0.2) is 0 Å². The van der Waals surface area contributed by atoms with Crippen molar-refractivity contribution in [1.82, 2.24) is 0 Å². The minimum Gasteiger partial charge on any atom is -0.394 e. The summed E-state index contributed by atoms with van der Waals surface area (Å²) in [5, 5.41) is 39.2. The number of rotatable bonds is 3. The Morgan fingerprint density at radius 1 is 0.875 bits per heavy atom. The molecule has 0 spiro atoms. The number of hydrogen-bond acceptors (Lipinski definition) is 9. The minimum absolute atomic E-state index is 0.0832. The first-order chi connectivity index (χ1) is 11.6. The van der Waals surface area contributed by atoms with Crippen LogP contribution in [0.2, 0.25) is 0 Å². The molecule has 1 saturated carbocycles. The molecule has 5 heterocycles. The zero-order chi connectivity index (χ0) is 16.6. The molecule has 136 valence electrons. The summed E-state index contributed by atoms with van der Waals surface area (Å²) in [7, 11) is 0. The highest BCUT2D eigenvalue weighted by Gasteiger charge is 2.68. The van der Waals surface area contributed by atoms with Gasteiger partial charge in [0.25, 0.3) is 0 Å². The molecule has 0 amide bonds. The lowest BCUT2D eigenvalue weighted by molar-refractivity contribution is -0.369. The van der Waals surface area contributed by atoms with E-state index in [0.29, 0.717) is 6.61 Å². The molecule has 6 rings (SSSR count). The van der Waals surface area contributed by atoms with Crippen LogP contribution in [0.1, 0.15) is 6.42 Å². The van der Waals surface area contributed by atoms with E-state index in [2.05, 4.69) is 0 Å². The summed E-state index contributed by atoms with van der Waals surface area (Å²) >= 11 is 0. The SMILES string of the molecule is OC[C@H]1O[C@@H](O[C@@H]2O[C@H]3C[C@H]4[C@@H]5O[C@@H]5[C@H](CO3)[C@@H]24)[C@H](O)[C@@H](O)[C@@H]1O. The number of hydrogen-bond donors (Lipinski definition) is 4. The Kier molecular flexibility index (Phi) is 3.68. The van der Waals surface area contributed by atoms with Crippen LogP contribution in [0.4, 0.5) is 0 Å². The Morgan fingerprint density at radius 3 is 2.46 bits per heavy atom. The van der Waals surface area contributed by atoms with Gasteiger partial charge in [-0.15, -0.1) is 0 Å². The van der Waals surface area contributed by atoms with Gasteiger partial charge in [0, 0.05) is 24.2 Å². The normalized spacial score (nSPS) is 61.5. The number of aliphatic hydroxyl groups excluding tert-OH is 4. The Balaban J connectivity index is 1.34. The molecule has 0 radical (unpaired) electrons. The summed E-state index contributed by atoms with van der Waals surface area (Å²) in [4.78, 5) is 0. The minimum atomic E-state index is -1.46. The third-order valence-electron chi connectivity index (χ3n) is 6.05. The Bertz CT molecular complexity index is 491. The van der Waals surface area contributed by atoms with Crippen molar-refractivity contribution in [2.24, 2.45) is 17.8 Å². The molecule has 5 saturated heterocycles. The molecule has 9 heteroatoms. The fourth-order valence-electron chi connectivity index (χ4n) is 4.76. The standard InChI is InChI=1S/C15H22O9/c16-2-6-9(17)10(18)11(19)15(21-6)24-14-8-4-1-7(22-14)20-3-5(8)13-12(4)23-13/h4-19H,1-3H2/t4-,5-,6-,7+,8+,9-,10+,11-,12+,13-,14+,15+/m1/s1. The van der Waals surface area contributed by atoms with Gasteiger partial charge in [-0.1, -0.05) is 0 Å². The maximum Gasteiger partial charge on any atom is 0.189 e. The van der Waals surface area contributed by atoms with Crippen molar-refractivity contribution in [3.8, 4) is 0 Å². The fraction of sp³-hybridized carbons (Fsp3) is 1.00. The smallest absolute Gasteiger partial charge is 0.189 e. The van der Waals surface area contributed by atoms with Crippen LogP contribution in [0.3, 0.4) is 0 Å². The van der Waals surface area contributed by atoms with Crippen LogP contribution < -0.4 is 0 Å². The molecule has 5 aliphatic heterocycles.